The molecule has 0 unspecified atom stereocenters. The summed E-state index contributed by atoms with van der Waals surface area (Å²) in [7, 11) is 0. The molecule has 0 radical (unpaired) electrons. The highest BCUT2D eigenvalue weighted by Crippen LogP contribution is 2.13. The van der Waals surface area contributed by atoms with Crippen LogP contribution in [0.2, 0.25) is 0 Å². The van der Waals surface area contributed by atoms with E-state index in [9.17, 15) is 4.79 Å². The van der Waals surface area contributed by atoms with Crippen molar-refractivity contribution in [3.05, 3.63) is 64.4 Å². The van der Waals surface area contributed by atoms with Crippen molar-refractivity contribution in [2.45, 2.75) is 6.54 Å². The van der Waals surface area contributed by atoms with Crippen LogP contribution in [0.5, 0.6) is 0 Å². The molecule has 1 amide bonds. The molecule has 0 saturated carbocycles. The molecule has 2 aromatic carbocycles. The first-order valence-corrected chi connectivity index (χ1v) is 6.97. The van der Waals surface area contributed by atoms with Crippen LogP contribution in [-0.2, 0) is 6.54 Å². The van der Waals surface area contributed by atoms with Gasteiger partial charge in [0.1, 0.15) is 0 Å². The van der Waals surface area contributed by atoms with Gasteiger partial charge in [0.05, 0.1) is 17.4 Å². The lowest BCUT2D eigenvalue weighted by molar-refractivity contribution is 0.0951. The second-order valence-corrected chi connectivity index (χ2v) is 5.36. The van der Waals surface area contributed by atoms with Crippen molar-refractivity contribution in [3.63, 3.8) is 0 Å². The summed E-state index contributed by atoms with van der Waals surface area (Å²) in [4.78, 5) is 19.2. The number of imidazole rings is 1. The molecule has 100 valence electrons. The number of fused-ring (bicyclic) bond motifs is 1. The molecular formula is C15H12BrN3O. The summed E-state index contributed by atoms with van der Waals surface area (Å²) in [6.45, 7) is 0.499. The number of amides is 1. The number of benzene rings is 2. The predicted octanol–water partition coefficient (Wildman–Crippen LogP) is 3.26. The summed E-state index contributed by atoms with van der Waals surface area (Å²) >= 11 is 3.41. The Morgan fingerprint density at radius 3 is 3.00 bits per heavy atom. The molecule has 4 nitrogen and oxygen atoms in total. The lowest BCUT2D eigenvalue weighted by atomic mass is 10.1. The number of H-pyrrole nitrogens is 1. The Bertz CT molecular complexity index is 766. The maximum absolute atomic E-state index is 12.1. The molecule has 2 N–H and O–H groups in total. The minimum Gasteiger partial charge on any atom is -0.348 e. The van der Waals surface area contributed by atoms with Gasteiger partial charge in [-0.25, -0.2) is 4.98 Å². The molecule has 0 fully saturated rings. The molecule has 20 heavy (non-hydrogen) atoms. The second kappa shape index (κ2) is 5.46. The van der Waals surface area contributed by atoms with E-state index >= 15 is 0 Å². The smallest absolute Gasteiger partial charge is 0.251 e. The van der Waals surface area contributed by atoms with Crippen molar-refractivity contribution >= 4 is 32.9 Å². The van der Waals surface area contributed by atoms with Gasteiger partial charge in [-0.05, 0) is 35.9 Å². The van der Waals surface area contributed by atoms with Crippen LogP contribution in [-0.4, -0.2) is 15.9 Å². The van der Waals surface area contributed by atoms with Gasteiger partial charge in [-0.3, -0.25) is 4.79 Å². The van der Waals surface area contributed by atoms with Crippen LogP contribution < -0.4 is 5.32 Å². The zero-order valence-electron chi connectivity index (χ0n) is 10.6. The Kier molecular flexibility index (Phi) is 3.52. The largest absolute Gasteiger partial charge is 0.348 e. The minimum absolute atomic E-state index is 0.0959. The number of hydrogen-bond acceptors (Lipinski definition) is 2. The van der Waals surface area contributed by atoms with Crippen LogP contribution in [0, 0.1) is 0 Å². The number of carbonyl (C=O) groups excluding carboxylic acids is 1. The molecule has 0 aliphatic rings. The molecule has 1 aromatic heterocycles. The summed E-state index contributed by atoms with van der Waals surface area (Å²) < 4.78 is 1.00. The van der Waals surface area contributed by atoms with Crippen LogP contribution >= 0.6 is 15.9 Å². The first-order valence-electron chi connectivity index (χ1n) is 6.18. The normalized spacial score (nSPS) is 10.7. The van der Waals surface area contributed by atoms with E-state index in [1.54, 1.807) is 18.5 Å². The van der Waals surface area contributed by atoms with Crippen molar-refractivity contribution in [1.82, 2.24) is 15.3 Å². The van der Waals surface area contributed by atoms with Crippen LogP contribution in [0.1, 0.15) is 15.9 Å². The highest BCUT2D eigenvalue weighted by atomic mass is 79.9. The average molecular weight is 330 g/mol. The number of carbonyl (C=O) groups is 1. The van der Waals surface area contributed by atoms with E-state index in [0.717, 1.165) is 21.1 Å². The van der Waals surface area contributed by atoms with Gasteiger partial charge in [-0.2, -0.15) is 0 Å². The van der Waals surface area contributed by atoms with Gasteiger partial charge in [0, 0.05) is 16.6 Å². The van der Waals surface area contributed by atoms with Crippen molar-refractivity contribution in [1.29, 1.82) is 0 Å². The third-order valence-corrected chi connectivity index (χ3v) is 3.52. The molecule has 3 rings (SSSR count). The number of hydrogen-bond donors (Lipinski definition) is 2. The Morgan fingerprint density at radius 1 is 1.25 bits per heavy atom. The molecule has 3 aromatic rings. The zero-order chi connectivity index (χ0) is 13.9. The summed E-state index contributed by atoms with van der Waals surface area (Å²) in [5.41, 5.74) is 3.39. The van der Waals surface area contributed by atoms with E-state index in [4.69, 9.17) is 0 Å². The van der Waals surface area contributed by atoms with Crippen molar-refractivity contribution < 1.29 is 4.79 Å². The molecule has 0 aliphatic heterocycles. The zero-order valence-corrected chi connectivity index (χ0v) is 12.1. The summed E-state index contributed by atoms with van der Waals surface area (Å²) in [6.07, 6.45) is 1.62. The Hall–Kier alpha value is -2.14. The fraction of sp³-hybridized carbons (Fsp3) is 0.0667. The first-order chi connectivity index (χ1) is 9.72. The van der Waals surface area contributed by atoms with E-state index in [1.807, 2.05) is 30.3 Å². The summed E-state index contributed by atoms with van der Waals surface area (Å²) in [5, 5.41) is 2.91. The fourth-order valence-electron chi connectivity index (χ4n) is 2.01. The molecule has 0 bridgehead atoms. The van der Waals surface area contributed by atoms with Gasteiger partial charge in [0.2, 0.25) is 0 Å². The fourth-order valence-corrected chi connectivity index (χ4v) is 2.45. The lowest BCUT2D eigenvalue weighted by Gasteiger charge is -2.06. The van der Waals surface area contributed by atoms with Crippen molar-refractivity contribution in [2.75, 3.05) is 0 Å². The number of nitrogens with zero attached hydrogens (tertiary/aromatic N) is 1. The molecule has 0 aliphatic carbocycles. The topological polar surface area (TPSA) is 57.8 Å². The lowest BCUT2D eigenvalue weighted by Crippen LogP contribution is -2.22. The average Bonchev–Trinajstić information content (AvgIpc) is 2.92. The van der Waals surface area contributed by atoms with Crippen LogP contribution in [0.25, 0.3) is 11.0 Å². The minimum atomic E-state index is -0.0959. The van der Waals surface area contributed by atoms with E-state index in [1.165, 1.54) is 0 Å². The standard InChI is InChI=1S/C15H12BrN3O/c16-12-3-1-2-10(6-12)8-17-15(20)11-4-5-13-14(7-11)19-9-18-13/h1-7,9H,8H2,(H,17,20)(H,18,19). The van der Waals surface area contributed by atoms with E-state index in [-0.39, 0.29) is 5.91 Å². The van der Waals surface area contributed by atoms with Crippen molar-refractivity contribution in [2.24, 2.45) is 0 Å². The van der Waals surface area contributed by atoms with Gasteiger partial charge in [-0.1, -0.05) is 28.1 Å². The Labute approximate surface area is 124 Å². The number of aromatic nitrogens is 2. The first kappa shape index (κ1) is 12.9. The van der Waals surface area contributed by atoms with Crippen LogP contribution in [0.15, 0.2) is 53.3 Å². The van der Waals surface area contributed by atoms with E-state index in [2.05, 4.69) is 31.2 Å². The molecule has 0 atom stereocenters. The Balaban J connectivity index is 1.72. The summed E-state index contributed by atoms with van der Waals surface area (Å²) in [5.74, 6) is -0.0959. The molecule has 5 heteroatoms. The van der Waals surface area contributed by atoms with Gasteiger partial charge >= 0.3 is 0 Å². The van der Waals surface area contributed by atoms with Crippen LogP contribution in [0.3, 0.4) is 0 Å². The number of aromatic amines is 1. The molecule has 1 heterocycles. The monoisotopic (exact) mass is 329 g/mol. The van der Waals surface area contributed by atoms with E-state index < -0.39 is 0 Å². The second-order valence-electron chi connectivity index (χ2n) is 4.45. The van der Waals surface area contributed by atoms with Gasteiger partial charge in [0.15, 0.2) is 0 Å². The highest BCUT2D eigenvalue weighted by Gasteiger charge is 2.07. The molecule has 0 spiro atoms. The van der Waals surface area contributed by atoms with E-state index in [0.29, 0.717) is 12.1 Å². The quantitative estimate of drug-likeness (QED) is 0.774. The predicted molar refractivity (Wildman–Crippen MR) is 81.4 cm³/mol. The van der Waals surface area contributed by atoms with Gasteiger partial charge < -0.3 is 10.3 Å². The number of rotatable bonds is 3. The number of halogens is 1. The third-order valence-electron chi connectivity index (χ3n) is 3.02. The highest BCUT2D eigenvalue weighted by molar-refractivity contribution is 9.10. The number of nitrogens with one attached hydrogen (secondary N) is 2. The molecule has 0 saturated heterocycles. The summed E-state index contributed by atoms with van der Waals surface area (Å²) in [6, 6.07) is 13.3. The Morgan fingerprint density at radius 2 is 2.15 bits per heavy atom. The maximum Gasteiger partial charge on any atom is 0.251 e. The third kappa shape index (κ3) is 2.72. The van der Waals surface area contributed by atoms with Crippen molar-refractivity contribution in [3.8, 4) is 0 Å². The molecular weight excluding hydrogens is 318 g/mol. The maximum atomic E-state index is 12.1. The SMILES string of the molecule is O=C(NCc1cccc(Br)c1)c1ccc2nc[nH]c2c1. The van der Waals surface area contributed by atoms with Gasteiger partial charge in [-0.15, -0.1) is 0 Å². The van der Waals surface area contributed by atoms with Crippen LogP contribution in [0.4, 0.5) is 0 Å². The van der Waals surface area contributed by atoms with Gasteiger partial charge in [0.25, 0.3) is 5.91 Å².